The van der Waals surface area contributed by atoms with Gasteiger partial charge in [-0.05, 0) is 0 Å². The van der Waals surface area contributed by atoms with E-state index in [9.17, 15) is 9.90 Å². The Bertz CT molecular complexity index is 238. The minimum absolute atomic E-state index is 0. The molecule has 0 unspecified atom stereocenters. The van der Waals surface area contributed by atoms with Crippen molar-refractivity contribution in [3.63, 3.8) is 0 Å². The SMILES string of the molecule is O=C([O-])C[Se]c1ccccc1.[K+]. The molecular formula is C8H7KO2Se. The summed E-state index contributed by atoms with van der Waals surface area (Å²) < 4.78 is 1.10. The third kappa shape index (κ3) is 5.48. The second-order valence-corrected chi connectivity index (χ2v) is 4.17. The van der Waals surface area contributed by atoms with Crippen molar-refractivity contribution in [2.75, 3.05) is 0 Å². The molecule has 1 aromatic rings. The van der Waals surface area contributed by atoms with E-state index in [0.29, 0.717) is 0 Å². The van der Waals surface area contributed by atoms with Crippen molar-refractivity contribution >= 4 is 25.4 Å². The van der Waals surface area contributed by atoms with Crippen LogP contribution in [0.4, 0.5) is 0 Å². The van der Waals surface area contributed by atoms with Crippen LogP contribution in [0.5, 0.6) is 0 Å². The third-order valence-electron chi connectivity index (χ3n) is 1.10. The first-order valence-electron chi connectivity index (χ1n) is 3.17. The topological polar surface area (TPSA) is 40.1 Å². The Labute approximate surface area is 120 Å². The number of carbonyl (C=O) groups excluding carboxylic acids is 1. The largest absolute Gasteiger partial charge is 1.00 e. The molecule has 0 saturated carbocycles. The number of carboxylic acid groups (broad SMARTS) is 1. The molecule has 0 atom stereocenters. The standard InChI is InChI=1S/C8H8O2Se.K/c9-8(10)6-11-7-4-2-1-3-5-7;/h1-5H,6H2,(H,9,10);/q;+1/p-1. The van der Waals surface area contributed by atoms with Gasteiger partial charge < -0.3 is 0 Å². The molecule has 0 aliphatic heterocycles. The molecular weight excluding hydrogens is 246 g/mol. The molecule has 0 aliphatic rings. The van der Waals surface area contributed by atoms with Gasteiger partial charge in [-0.1, -0.05) is 0 Å². The van der Waals surface area contributed by atoms with Gasteiger partial charge in [0, 0.05) is 0 Å². The molecule has 12 heavy (non-hydrogen) atoms. The smallest absolute Gasteiger partial charge is 1.00 e. The summed E-state index contributed by atoms with van der Waals surface area (Å²) in [6, 6.07) is 9.60. The fourth-order valence-electron chi connectivity index (χ4n) is 0.659. The van der Waals surface area contributed by atoms with E-state index in [1.165, 1.54) is 0 Å². The van der Waals surface area contributed by atoms with E-state index in [-0.39, 0.29) is 71.7 Å². The van der Waals surface area contributed by atoms with Crippen LogP contribution < -0.4 is 61.0 Å². The maximum absolute atomic E-state index is 10.1. The average molecular weight is 253 g/mol. The van der Waals surface area contributed by atoms with Gasteiger partial charge in [0.05, 0.1) is 0 Å². The van der Waals surface area contributed by atoms with Gasteiger partial charge >= 0.3 is 122 Å². The van der Waals surface area contributed by atoms with Crippen LogP contribution in [0.1, 0.15) is 0 Å². The van der Waals surface area contributed by atoms with Crippen molar-refractivity contribution in [2.45, 2.75) is 5.32 Å². The Hall–Kier alpha value is 0.846. The van der Waals surface area contributed by atoms with Gasteiger partial charge in [0.25, 0.3) is 0 Å². The minimum atomic E-state index is -0.964. The Morgan fingerprint density at radius 2 is 1.92 bits per heavy atom. The van der Waals surface area contributed by atoms with Crippen LogP contribution in [0, 0.1) is 0 Å². The molecule has 0 spiro atoms. The Morgan fingerprint density at radius 1 is 1.33 bits per heavy atom. The quantitative estimate of drug-likeness (QED) is 0.518. The molecule has 58 valence electrons. The predicted molar refractivity (Wildman–Crippen MR) is 41.6 cm³/mol. The molecule has 0 aromatic heterocycles. The fourth-order valence-corrected chi connectivity index (χ4v) is 1.99. The minimum Gasteiger partial charge on any atom is 1.00 e. The number of rotatable bonds is 3. The first-order chi connectivity index (χ1) is 5.29. The van der Waals surface area contributed by atoms with E-state index in [4.69, 9.17) is 0 Å². The van der Waals surface area contributed by atoms with Crippen LogP contribution in [0.2, 0.25) is 5.32 Å². The molecule has 2 nitrogen and oxygen atoms in total. The summed E-state index contributed by atoms with van der Waals surface area (Å²) in [5, 5.41) is 10.2. The Morgan fingerprint density at radius 3 is 2.42 bits per heavy atom. The Kier molecular flexibility index (Phi) is 7.78. The molecule has 0 amide bonds. The summed E-state index contributed by atoms with van der Waals surface area (Å²) in [6.07, 6.45) is 0. The molecule has 0 fully saturated rings. The van der Waals surface area contributed by atoms with Crippen LogP contribution in [0.15, 0.2) is 30.3 Å². The zero-order valence-corrected chi connectivity index (χ0v) is 11.7. The molecule has 0 heterocycles. The van der Waals surface area contributed by atoms with Crippen LogP contribution in [-0.4, -0.2) is 20.9 Å². The van der Waals surface area contributed by atoms with E-state index in [1.54, 1.807) is 0 Å². The summed E-state index contributed by atoms with van der Waals surface area (Å²) in [5.41, 5.74) is 0. The first kappa shape index (κ1) is 12.8. The number of aliphatic carboxylic acids is 1. The van der Waals surface area contributed by atoms with Gasteiger partial charge in [0.15, 0.2) is 0 Å². The summed E-state index contributed by atoms with van der Waals surface area (Å²) in [4.78, 5) is 10.1. The van der Waals surface area contributed by atoms with Crippen molar-refractivity contribution in [3.8, 4) is 0 Å². The number of hydrogen-bond acceptors (Lipinski definition) is 2. The van der Waals surface area contributed by atoms with Crippen molar-refractivity contribution < 1.29 is 61.3 Å². The fraction of sp³-hybridized carbons (Fsp3) is 0.125. The van der Waals surface area contributed by atoms with Gasteiger partial charge in [0.2, 0.25) is 0 Å². The van der Waals surface area contributed by atoms with Crippen LogP contribution in [0.25, 0.3) is 0 Å². The van der Waals surface area contributed by atoms with E-state index >= 15 is 0 Å². The number of carboxylic acids is 1. The normalized spacial score (nSPS) is 8.67. The monoisotopic (exact) mass is 254 g/mol. The summed E-state index contributed by atoms with van der Waals surface area (Å²) >= 11 is 0.0279. The van der Waals surface area contributed by atoms with E-state index in [1.807, 2.05) is 30.3 Å². The van der Waals surface area contributed by atoms with Gasteiger partial charge in [0.1, 0.15) is 0 Å². The molecule has 0 bridgehead atoms. The second-order valence-electron chi connectivity index (χ2n) is 1.97. The maximum Gasteiger partial charge on any atom is 1.00 e. The summed E-state index contributed by atoms with van der Waals surface area (Å²) in [6.45, 7) is 0. The molecule has 0 aliphatic carbocycles. The van der Waals surface area contributed by atoms with Gasteiger partial charge in [-0.15, -0.1) is 0 Å². The average Bonchev–Trinajstić information content (AvgIpc) is 2.03. The molecule has 0 saturated heterocycles. The maximum atomic E-state index is 10.1. The van der Waals surface area contributed by atoms with Crippen LogP contribution in [0.3, 0.4) is 0 Å². The summed E-state index contributed by atoms with van der Waals surface area (Å²) in [7, 11) is 0. The van der Waals surface area contributed by atoms with Crippen molar-refractivity contribution in [2.24, 2.45) is 0 Å². The van der Waals surface area contributed by atoms with E-state index < -0.39 is 5.97 Å². The number of hydrogen-bond donors (Lipinski definition) is 0. The Balaban J connectivity index is 0.00000121. The number of benzene rings is 1. The zero-order valence-electron chi connectivity index (χ0n) is 6.82. The molecule has 1 aromatic carbocycles. The third-order valence-corrected chi connectivity index (χ3v) is 3.17. The van der Waals surface area contributed by atoms with Crippen molar-refractivity contribution in [3.05, 3.63) is 30.3 Å². The first-order valence-corrected chi connectivity index (χ1v) is 5.23. The second kappa shape index (κ2) is 7.27. The predicted octanol–water partition coefficient (Wildman–Crippen LogP) is -3.81. The number of carbonyl (C=O) groups is 1. The molecule has 1 rings (SSSR count). The molecule has 0 radical (unpaired) electrons. The molecule has 0 N–H and O–H groups in total. The van der Waals surface area contributed by atoms with E-state index in [2.05, 4.69) is 0 Å². The molecule has 4 heteroatoms. The summed E-state index contributed by atoms with van der Waals surface area (Å²) in [5.74, 6) is -0.964. The van der Waals surface area contributed by atoms with Crippen LogP contribution in [-0.2, 0) is 4.79 Å². The van der Waals surface area contributed by atoms with E-state index in [0.717, 1.165) is 4.46 Å². The van der Waals surface area contributed by atoms with Gasteiger partial charge in [-0.25, -0.2) is 0 Å². The van der Waals surface area contributed by atoms with Gasteiger partial charge in [-0.3, -0.25) is 0 Å². The zero-order chi connectivity index (χ0) is 8.10. The van der Waals surface area contributed by atoms with Crippen molar-refractivity contribution in [1.29, 1.82) is 0 Å². The van der Waals surface area contributed by atoms with Crippen LogP contribution >= 0.6 is 0 Å². The van der Waals surface area contributed by atoms with Crippen molar-refractivity contribution in [1.82, 2.24) is 0 Å². The van der Waals surface area contributed by atoms with Gasteiger partial charge in [-0.2, -0.15) is 0 Å².